The van der Waals surface area contributed by atoms with Crippen LogP contribution in [0.15, 0.2) is 48.1 Å². The van der Waals surface area contributed by atoms with Crippen molar-refractivity contribution in [2.24, 2.45) is 10.8 Å². The summed E-state index contributed by atoms with van der Waals surface area (Å²) in [5.74, 6) is -0.196. The molecule has 1 aliphatic heterocycles. The van der Waals surface area contributed by atoms with Gasteiger partial charge < -0.3 is 10.6 Å². The molecule has 0 bridgehead atoms. The van der Waals surface area contributed by atoms with Crippen LogP contribution in [0.3, 0.4) is 0 Å². The molecule has 0 saturated carbocycles. The van der Waals surface area contributed by atoms with E-state index < -0.39 is 12.1 Å². The molecule has 1 aliphatic rings. The zero-order chi connectivity index (χ0) is 17.7. The second kappa shape index (κ2) is 7.69. The van der Waals surface area contributed by atoms with Crippen molar-refractivity contribution in [2.45, 2.75) is 19.5 Å². The van der Waals surface area contributed by atoms with Crippen LogP contribution in [0.2, 0.25) is 0 Å². The van der Waals surface area contributed by atoms with Gasteiger partial charge in [-0.2, -0.15) is 5.10 Å². The molecule has 0 aliphatic carbocycles. The molecule has 126 valence electrons. The lowest BCUT2D eigenvalue weighted by molar-refractivity contribution is -0.126. The molecule has 8 heteroatoms. The third-order valence-corrected chi connectivity index (χ3v) is 3.99. The Bertz CT molecular complexity index is 689. The number of urea groups is 1. The Morgan fingerprint density at radius 3 is 2.71 bits per heavy atom. The van der Waals surface area contributed by atoms with Gasteiger partial charge in [0.1, 0.15) is 0 Å². The average molecular weight is 345 g/mol. The van der Waals surface area contributed by atoms with Crippen molar-refractivity contribution in [1.82, 2.24) is 15.2 Å². The van der Waals surface area contributed by atoms with Crippen LogP contribution in [0.5, 0.6) is 0 Å². The number of thiocarbonyl (C=S) groups is 1. The maximum atomic E-state index is 12.8. The van der Waals surface area contributed by atoms with E-state index in [4.69, 9.17) is 18.0 Å². The monoisotopic (exact) mass is 345 g/mol. The van der Waals surface area contributed by atoms with Crippen molar-refractivity contribution in [3.63, 3.8) is 0 Å². The predicted molar refractivity (Wildman–Crippen MR) is 96.1 cm³/mol. The topological polar surface area (TPSA) is 91.0 Å². The Morgan fingerprint density at radius 1 is 1.46 bits per heavy atom. The normalized spacial score (nSPS) is 18.0. The van der Waals surface area contributed by atoms with E-state index in [9.17, 15) is 9.59 Å². The van der Waals surface area contributed by atoms with Gasteiger partial charge in [0.25, 0.3) is 5.91 Å². The van der Waals surface area contributed by atoms with Crippen molar-refractivity contribution in [2.75, 3.05) is 6.54 Å². The highest BCUT2D eigenvalue weighted by molar-refractivity contribution is 7.80. The molecule has 0 radical (unpaired) electrons. The molecule has 3 N–H and O–H groups in total. The van der Waals surface area contributed by atoms with Crippen LogP contribution in [0.1, 0.15) is 12.5 Å². The van der Waals surface area contributed by atoms with Crippen molar-refractivity contribution in [3.8, 4) is 0 Å². The standard InChI is InChI=1S/C16H19N5O2S/c1-3-9-20-13(11(2)18-19-15(17)23)14(22)21(16(20)24)10-12-7-5-4-6-8-12/h3-8,13H,1,9-10H2,2H3,(H3,17,19,23)/b18-11+. The molecular weight excluding hydrogens is 326 g/mol. The molecule has 0 aromatic heterocycles. The first kappa shape index (κ1) is 17.6. The van der Waals surface area contributed by atoms with E-state index in [1.165, 1.54) is 4.90 Å². The van der Waals surface area contributed by atoms with Gasteiger partial charge in [-0.05, 0) is 24.7 Å². The number of nitrogens with one attached hydrogen (secondary N) is 1. The summed E-state index contributed by atoms with van der Waals surface area (Å²) in [6, 6.07) is 8.09. The lowest BCUT2D eigenvalue weighted by Crippen LogP contribution is -2.41. The van der Waals surface area contributed by atoms with Gasteiger partial charge in [0.2, 0.25) is 0 Å². The highest BCUT2D eigenvalue weighted by Gasteiger charge is 2.43. The van der Waals surface area contributed by atoms with Crippen LogP contribution in [0.25, 0.3) is 0 Å². The van der Waals surface area contributed by atoms with Crippen LogP contribution in [0, 0.1) is 0 Å². The largest absolute Gasteiger partial charge is 0.350 e. The Labute approximate surface area is 145 Å². The van der Waals surface area contributed by atoms with Gasteiger partial charge in [0, 0.05) is 6.54 Å². The highest BCUT2D eigenvalue weighted by atomic mass is 32.1. The summed E-state index contributed by atoms with van der Waals surface area (Å²) in [5.41, 5.74) is 8.53. The maximum Gasteiger partial charge on any atom is 0.332 e. The van der Waals surface area contributed by atoms with Crippen molar-refractivity contribution in [3.05, 3.63) is 48.6 Å². The predicted octanol–water partition coefficient (Wildman–Crippen LogP) is 1.21. The van der Waals surface area contributed by atoms with Gasteiger partial charge in [0.15, 0.2) is 11.2 Å². The van der Waals surface area contributed by atoms with E-state index in [2.05, 4.69) is 17.1 Å². The summed E-state index contributed by atoms with van der Waals surface area (Å²) in [5, 5.41) is 4.28. The molecule has 1 aromatic rings. The Balaban J connectivity index is 2.27. The summed E-state index contributed by atoms with van der Waals surface area (Å²) in [4.78, 5) is 26.9. The summed E-state index contributed by atoms with van der Waals surface area (Å²) in [6.07, 6.45) is 1.66. The van der Waals surface area contributed by atoms with Gasteiger partial charge in [0.05, 0.1) is 12.3 Å². The third-order valence-electron chi connectivity index (χ3n) is 3.54. The fourth-order valence-electron chi connectivity index (χ4n) is 2.48. The molecule has 24 heavy (non-hydrogen) atoms. The zero-order valence-electron chi connectivity index (χ0n) is 13.3. The van der Waals surface area contributed by atoms with Crippen molar-refractivity contribution < 1.29 is 9.59 Å². The van der Waals surface area contributed by atoms with Gasteiger partial charge in [-0.1, -0.05) is 36.4 Å². The SMILES string of the molecule is C=CCN1C(=S)N(Cc2ccccc2)C(=O)C1/C(C)=N/NC(N)=O. The first-order valence-corrected chi connectivity index (χ1v) is 7.73. The molecule has 7 nitrogen and oxygen atoms in total. The van der Waals surface area contributed by atoms with Gasteiger partial charge in [-0.25, -0.2) is 10.2 Å². The van der Waals surface area contributed by atoms with E-state index in [-0.39, 0.29) is 5.91 Å². The van der Waals surface area contributed by atoms with E-state index in [1.807, 2.05) is 30.3 Å². The number of nitrogens with two attached hydrogens (primary N) is 1. The minimum atomic E-state index is -0.793. The second-order valence-electron chi connectivity index (χ2n) is 5.27. The number of carbonyl (C=O) groups excluding carboxylic acids is 2. The molecule has 1 unspecified atom stereocenters. The van der Waals surface area contributed by atoms with E-state index in [0.717, 1.165) is 5.56 Å². The minimum Gasteiger partial charge on any atom is -0.350 e. The molecule has 3 amide bonds. The number of amides is 3. The fourth-order valence-corrected chi connectivity index (χ4v) is 2.82. The summed E-state index contributed by atoms with van der Waals surface area (Å²) < 4.78 is 0. The van der Waals surface area contributed by atoms with Crippen LogP contribution in [0.4, 0.5) is 4.79 Å². The van der Waals surface area contributed by atoms with Crippen molar-refractivity contribution >= 4 is 35.0 Å². The number of primary amides is 1. The maximum absolute atomic E-state index is 12.8. The quantitative estimate of drug-likeness (QED) is 0.351. The Hall–Kier alpha value is -2.74. The number of hydrogen-bond donors (Lipinski definition) is 2. The number of carbonyl (C=O) groups is 2. The Kier molecular flexibility index (Phi) is 5.64. The summed E-state index contributed by atoms with van der Waals surface area (Å²) >= 11 is 5.45. The first-order valence-electron chi connectivity index (χ1n) is 7.32. The molecular formula is C16H19N5O2S. The lowest BCUT2D eigenvalue weighted by Gasteiger charge is -2.22. The average Bonchev–Trinajstić information content (AvgIpc) is 2.79. The fraction of sp³-hybridized carbons (Fsp3) is 0.250. The molecule has 1 fully saturated rings. The first-order chi connectivity index (χ1) is 11.5. The van der Waals surface area contributed by atoms with Crippen LogP contribution in [-0.2, 0) is 11.3 Å². The highest BCUT2D eigenvalue weighted by Crippen LogP contribution is 2.21. The van der Waals surface area contributed by atoms with Gasteiger partial charge >= 0.3 is 6.03 Å². The Morgan fingerprint density at radius 2 is 2.12 bits per heavy atom. The minimum absolute atomic E-state index is 0.196. The number of rotatable bonds is 6. The van der Waals surface area contributed by atoms with Gasteiger partial charge in [-0.15, -0.1) is 6.58 Å². The lowest BCUT2D eigenvalue weighted by atomic mass is 10.1. The number of hydrogen-bond acceptors (Lipinski definition) is 4. The molecule has 1 heterocycles. The number of benzene rings is 1. The molecule has 1 aromatic carbocycles. The van der Waals surface area contributed by atoms with Crippen molar-refractivity contribution in [1.29, 1.82) is 0 Å². The molecule has 2 rings (SSSR count). The van der Waals surface area contributed by atoms with E-state index >= 15 is 0 Å². The van der Waals surface area contributed by atoms with E-state index in [0.29, 0.717) is 23.9 Å². The summed E-state index contributed by atoms with van der Waals surface area (Å²) in [7, 11) is 0. The van der Waals surface area contributed by atoms with Gasteiger partial charge in [-0.3, -0.25) is 9.69 Å². The van der Waals surface area contributed by atoms with Crippen LogP contribution in [-0.4, -0.2) is 45.1 Å². The smallest absolute Gasteiger partial charge is 0.332 e. The number of hydrazone groups is 1. The molecule has 1 atom stereocenters. The zero-order valence-corrected chi connectivity index (χ0v) is 14.1. The van der Waals surface area contributed by atoms with E-state index in [1.54, 1.807) is 17.9 Å². The molecule has 0 spiro atoms. The summed E-state index contributed by atoms with van der Waals surface area (Å²) in [6.45, 7) is 6.11. The molecule has 1 saturated heterocycles. The van der Waals surface area contributed by atoms with Crippen LogP contribution >= 0.6 is 12.2 Å². The van der Waals surface area contributed by atoms with Crippen LogP contribution < -0.4 is 11.2 Å². The second-order valence-corrected chi connectivity index (χ2v) is 5.63. The third kappa shape index (κ3) is 3.77. The number of nitrogens with zero attached hydrogens (tertiary/aromatic N) is 3.